The van der Waals surface area contributed by atoms with E-state index in [-0.39, 0.29) is 67.6 Å². The van der Waals surface area contributed by atoms with Crippen molar-refractivity contribution in [3.05, 3.63) is 90.5 Å². The van der Waals surface area contributed by atoms with Crippen LogP contribution in [0.5, 0.6) is 0 Å². The van der Waals surface area contributed by atoms with E-state index in [0.29, 0.717) is 48.8 Å². The number of non-ortho nitro benzene ring substituents is 2. The van der Waals surface area contributed by atoms with Crippen LogP contribution in [0.3, 0.4) is 0 Å². The van der Waals surface area contributed by atoms with Gasteiger partial charge in [-0.15, -0.1) is 11.8 Å². The predicted molar refractivity (Wildman–Crippen MR) is 224 cm³/mol. The third-order valence-corrected chi connectivity index (χ3v) is 13.8. The van der Waals surface area contributed by atoms with Crippen LogP contribution in [0.2, 0.25) is 19.6 Å². The van der Waals surface area contributed by atoms with Crippen molar-refractivity contribution in [2.24, 2.45) is 11.8 Å². The van der Waals surface area contributed by atoms with E-state index >= 15 is 0 Å². The molecular weight excluding hydrogens is 849 g/mol. The van der Waals surface area contributed by atoms with Crippen LogP contribution < -0.4 is 0 Å². The van der Waals surface area contributed by atoms with E-state index in [9.17, 15) is 49.3 Å². The van der Waals surface area contributed by atoms with Gasteiger partial charge in [0, 0.05) is 79.6 Å². The number of carboxylic acid groups (broad SMARTS) is 1. The lowest BCUT2D eigenvalue weighted by Gasteiger charge is -2.48. The van der Waals surface area contributed by atoms with E-state index in [1.54, 1.807) is 4.90 Å². The lowest BCUT2D eigenvalue weighted by atomic mass is 9.79. The number of carboxylic acids is 1. The first-order valence-corrected chi connectivity index (χ1v) is 24.5. The van der Waals surface area contributed by atoms with E-state index in [4.69, 9.17) is 18.6 Å². The van der Waals surface area contributed by atoms with Crippen LogP contribution in [0.25, 0.3) is 0 Å². The summed E-state index contributed by atoms with van der Waals surface area (Å²) in [6.45, 7) is 11.4. The van der Waals surface area contributed by atoms with Crippen molar-refractivity contribution in [3.63, 3.8) is 0 Å². The van der Waals surface area contributed by atoms with Gasteiger partial charge in [-0.3, -0.25) is 39.6 Å². The van der Waals surface area contributed by atoms with Gasteiger partial charge < -0.3 is 33.5 Å². The maximum absolute atomic E-state index is 14.2. The van der Waals surface area contributed by atoms with Gasteiger partial charge in [-0.25, -0.2) is 14.4 Å². The Morgan fingerprint density at radius 1 is 0.887 bits per heavy atom. The fourth-order valence-corrected chi connectivity index (χ4v) is 11.1. The minimum Gasteiger partial charge on any atom is -0.477 e. The third-order valence-electron chi connectivity index (χ3n) is 11.2. The van der Waals surface area contributed by atoms with E-state index in [1.807, 2.05) is 38.4 Å². The molecule has 334 valence electrons. The molecule has 6 atom stereocenters. The second-order valence-electron chi connectivity index (χ2n) is 16.6. The first-order valence-electron chi connectivity index (χ1n) is 20.2. The van der Waals surface area contributed by atoms with Crippen molar-refractivity contribution in [1.82, 2.24) is 19.6 Å². The summed E-state index contributed by atoms with van der Waals surface area (Å²) in [5.41, 5.74) is 0.765. The number of fused-ring (bicyclic) bond motifs is 1. The van der Waals surface area contributed by atoms with E-state index < -0.39 is 65.7 Å². The van der Waals surface area contributed by atoms with Crippen LogP contribution in [-0.4, -0.2) is 142 Å². The highest BCUT2D eigenvalue weighted by molar-refractivity contribution is 8.03. The van der Waals surface area contributed by atoms with Crippen molar-refractivity contribution >= 4 is 61.5 Å². The van der Waals surface area contributed by atoms with Gasteiger partial charge in [0.1, 0.15) is 31.6 Å². The van der Waals surface area contributed by atoms with Gasteiger partial charge in [0.05, 0.1) is 27.9 Å². The number of aliphatic carboxylic acids is 1. The molecule has 6 rings (SSSR count). The summed E-state index contributed by atoms with van der Waals surface area (Å²) in [5, 5.41) is 31.9. The lowest BCUT2D eigenvalue weighted by Crippen LogP contribution is -2.64. The SMILES string of the molecule is C[C@@H](O[Si](C)(C)C)[C@H]1C(=O)N2C(C(=O)O)=C(S[C@H]3C[C@@H](C(=O)N4CCN(CCOC(=O)OCc5ccc([N+](=O)[O-])cc5)CC4)N(C(=O)OCc4ccc([N+](=O)[O-])cc4)C3)[C@H](C)[C@H]12. The number of nitrogens with zero attached hydrogens (tertiary/aromatic N) is 6. The fourth-order valence-electron chi connectivity index (χ4n) is 8.30. The Kier molecular flexibility index (Phi) is 14.2. The molecule has 4 heterocycles. The number of nitro benzene ring substituents is 2. The Morgan fingerprint density at radius 2 is 1.45 bits per heavy atom. The minimum atomic E-state index is -2.02. The van der Waals surface area contributed by atoms with Gasteiger partial charge in [0.2, 0.25) is 11.8 Å². The number of nitro groups is 2. The molecule has 4 aliphatic heterocycles. The summed E-state index contributed by atoms with van der Waals surface area (Å²) >= 11 is 1.26. The van der Waals surface area contributed by atoms with Crippen LogP contribution >= 0.6 is 11.8 Å². The molecule has 3 amide bonds. The number of rotatable bonds is 16. The van der Waals surface area contributed by atoms with Crippen molar-refractivity contribution in [2.45, 2.75) is 76.6 Å². The number of ether oxygens (including phenoxy) is 3. The zero-order valence-corrected chi connectivity index (χ0v) is 36.8. The first-order chi connectivity index (χ1) is 29.3. The summed E-state index contributed by atoms with van der Waals surface area (Å²) in [5.74, 6) is -2.70. The standard InChI is InChI=1S/C40H50N6O14SSi/c1-24-33-32(25(2)60-62(3,4)5)37(48)44(33)34(38(49)50)35(24)61-30-20-31(43(21-30)39(51)58-22-26-6-10-28(11-7-26)45(53)54)36(47)42-16-14-41(15-17-42)18-19-57-40(52)59-23-27-8-12-29(13-9-27)46(55)56/h6-13,24-25,30-33H,14-23H2,1-5H3,(H,49,50)/t24-,25-,30+,31+,32-,33-/m1/s1. The van der Waals surface area contributed by atoms with Crippen LogP contribution in [-0.2, 0) is 46.2 Å². The van der Waals surface area contributed by atoms with Crippen molar-refractivity contribution in [3.8, 4) is 0 Å². The van der Waals surface area contributed by atoms with Gasteiger partial charge in [0.15, 0.2) is 8.32 Å². The number of benzene rings is 2. The average molecular weight is 899 g/mol. The minimum absolute atomic E-state index is 0.0183. The Balaban J connectivity index is 1.08. The van der Waals surface area contributed by atoms with Crippen molar-refractivity contribution < 1.29 is 57.6 Å². The topological polar surface area (TPSA) is 242 Å². The Hall–Kier alpha value is -5.58. The largest absolute Gasteiger partial charge is 0.508 e. The Morgan fingerprint density at radius 3 is 1.98 bits per heavy atom. The van der Waals surface area contributed by atoms with Crippen LogP contribution in [0.4, 0.5) is 21.0 Å². The molecule has 2 aromatic rings. The zero-order chi connectivity index (χ0) is 45.0. The number of carbonyl (C=O) groups is 5. The molecule has 2 aromatic carbocycles. The molecule has 0 saturated carbocycles. The molecule has 0 radical (unpaired) electrons. The number of β-lactam (4-membered cyclic amide) rings is 1. The van der Waals surface area contributed by atoms with Gasteiger partial charge >= 0.3 is 18.2 Å². The van der Waals surface area contributed by atoms with Gasteiger partial charge in [-0.05, 0) is 68.4 Å². The lowest BCUT2D eigenvalue weighted by molar-refractivity contribution is -0.385. The van der Waals surface area contributed by atoms with Gasteiger partial charge in [-0.1, -0.05) is 6.92 Å². The smallest absolute Gasteiger partial charge is 0.477 e. The maximum atomic E-state index is 14.2. The average Bonchev–Trinajstić information content (AvgIpc) is 3.75. The number of piperazine rings is 1. The molecule has 3 saturated heterocycles. The summed E-state index contributed by atoms with van der Waals surface area (Å²) in [7, 11) is -2.02. The Labute approximate surface area is 362 Å². The van der Waals surface area contributed by atoms with Crippen molar-refractivity contribution in [2.75, 3.05) is 45.9 Å². The van der Waals surface area contributed by atoms with Gasteiger partial charge in [-0.2, -0.15) is 0 Å². The molecular formula is C40H50N6O14SSi. The number of thioether (sulfide) groups is 1. The number of carbonyl (C=O) groups excluding carboxylic acids is 4. The highest BCUT2D eigenvalue weighted by Crippen LogP contribution is 2.53. The maximum Gasteiger partial charge on any atom is 0.508 e. The molecule has 22 heteroatoms. The molecule has 0 spiro atoms. The van der Waals surface area contributed by atoms with Crippen LogP contribution in [0.15, 0.2) is 59.1 Å². The zero-order valence-electron chi connectivity index (χ0n) is 35.0. The van der Waals surface area contributed by atoms with E-state index in [2.05, 4.69) is 0 Å². The predicted octanol–water partition coefficient (Wildman–Crippen LogP) is 4.83. The quantitative estimate of drug-likeness (QED) is 0.0780. The summed E-state index contributed by atoms with van der Waals surface area (Å²) < 4.78 is 22.2. The summed E-state index contributed by atoms with van der Waals surface area (Å²) in [6, 6.07) is 9.78. The van der Waals surface area contributed by atoms with E-state index in [1.165, 1.54) is 70.1 Å². The van der Waals surface area contributed by atoms with Crippen molar-refractivity contribution in [1.29, 1.82) is 0 Å². The van der Waals surface area contributed by atoms with Gasteiger partial charge in [0.25, 0.3) is 11.4 Å². The number of hydrogen-bond acceptors (Lipinski definition) is 15. The normalized spacial score (nSPS) is 23.1. The second-order valence-corrected chi connectivity index (χ2v) is 22.4. The molecule has 20 nitrogen and oxygen atoms in total. The molecule has 0 unspecified atom stereocenters. The molecule has 4 aliphatic rings. The summed E-state index contributed by atoms with van der Waals surface area (Å²) in [4.78, 5) is 94.1. The first kappa shape index (κ1) is 45.9. The number of amides is 3. The monoisotopic (exact) mass is 898 g/mol. The number of hydrogen-bond donors (Lipinski definition) is 1. The molecule has 1 N–H and O–H groups in total. The highest BCUT2D eigenvalue weighted by atomic mass is 32.2. The number of likely N-dealkylation sites (tertiary alicyclic amines) is 1. The molecule has 0 bridgehead atoms. The molecule has 0 aliphatic carbocycles. The fraction of sp³-hybridized carbons (Fsp3) is 0.525. The van der Waals surface area contributed by atoms with Crippen LogP contribution in [0, 0.1) is 32.1 Å². The van der Waals surface area contributed by atoms with E-state index in [0.717, 1.165) is 0 Å². The highest BCUT2D eigenvalue weighted by Gasteiger charge is 2.61. The molecule has 0 aromatic heterocycles. The summed E-state index contributed by atoms with van der Waals surface area (Å²) in [6.07, 6.45) is -1.89. The molecule has 3 fully saturated rings. The second kappa shape index (κ2) is 19.2. The third kappa shape index (κ3) is 10.5. The Bertz CT molecular complexity index is 2090. The van der Waals surface area contributed by atoms with Crippen LogP contribution in [0.1, 0.15) is 31.4 Å². The molecule has 62 heavy (non-hydrogen) atoms.